The SMILES string of the molecule is CCCCCOc1nc(NN)nc2ccccc12. The number of ether oxygens (including phenoxy) is 1. The highest BCUT2D eigenvalue weighted by molar-refractivity contribution is 5.84. The number of nitrogen functional groups attached to an aromatic ring is 1. The molecule has 0 bridgehead atoms. The fraction of sp³-hybridized carbons (Fsp3) is 0.385. The number of unbranched alkanes of at least 4 members (excludes halogenated alkanes) is 2. The smallest absolute Gasteiger partial charge is 0.241 e. The fourth-order valence-corrected chi connectivity index (χ4v) is 1.74. The first-order valence-electron chi connectivity index (χ1n) is 6.21. The molecule has 1 heterocycles. The van der Waals surface area contributed by atoms with Crippen molar-refractivity contribution in [3.05, 3.63) is 24.3 Å². The van der Waals surface area contributed by atoms with Crippen LogP contribution in [0.2, 0.25) is 0 Å². The van der Waals surface area contributed by atoms with E-state index >= 15 is 0 Å². The van der Waals surface area contributed by atoms with Gasteiger partial charge < -0.3 is 4.74 Å². The summed E-state index contributed by atoms with van der Waals surface area (Å²) in [7, 11) is 0. The molecule has 3 N–H and O–H groups in total. The van der Waals surface area contributed by atoms with Crippen molar-refractivity contribution in [1.82, 2.24) is 9.97 Å². The molecule has 0 aliphatic carbocycles. The fourth-order valence-electron chi connectivity index (χ4n) is 1.74. The van der Waals surface area contributed by atoms with Gasteiger partial charge in [0.15, 0.2) is 0 Å². The van der Waals surface area contributed by atoms with Crippen LogP contribution in [-0.2, 0) is 0 Å². The lowest BCUT2D eigenvalue weighted by Crippen LogP contribution is -2.11. The van der Waals surface area contributed by atoms with Gasteiger partial charge in [0.1, 0.15) is 0 Å². The number of nitrogens with zero attached hydrogens (tertiary/aromatic N) is 2. The summed E-state index contributed by atoms with van der Waals surface area (Å²) in [5.41, 5.74) is 3.28. The Morgan fingerprint density at radius 2 is 2.06 bits per heavy atom. The zero-order valence-corrected chi connectivity index (χ0v) is 10.5. The van der Waals surface area contributed by atoms with E-state index in [1.165, 1.54) is 6.42 Å². The third-order valence-electron chi connectivity index (χ3n) is 2.68. The van der Waals surface area contributed by atoms with Crippen molar-refractivity contribution in [2.75, 3.05) is 12.0 Å². The zero-order valence-electron chi connectivity index (χ0n) is 10.5. The molecular weight excluding hydrogens is 228 g/mol. The molecule has 18 heavy (non-hydrogen) atoms. The number of hydrazine groups is 1. The Kier molecular flexibility index (Phi) is 4.30. The second-order valence-electron chi connectivity index (χ2n) is 4.07. The van der Waals surface area contributed by atoms with Gasteiger partial charge in [-0.15, -0.1) is 0 Å². The summed E-state index contributed by atoms with van der Waals surface area (Å²) in [6.07, 6.45) is 3.36. The van der Waals surface area contributed by atoms with Crippen LogP contribution in [0.25, 0.3) is 10.9 Å². The van der Waals surface area contributed by atoms with E-state index in [-0.39, 0.29) is 0 Å². The quantitative estimate of drug-likeness (QED) is 0.465. The van der Waals surface area contributed by atoms with Crippen LogP contribution in [0.3, 0.4) is 0 Å². The summed E-state index contributed by atoms with van der Waals surface area (Å²) in [5, 5.41) is 0.910. The van der Waals surface area contributed by atoms with E-state index < -0.39 is 0 Å². The molecule has 5 nitrogen and oxygen atoms in total. The van der Waals surface area contributed by atoms with Crippen LogP contribution < -0.4 is 16.0 Å². The van der Waals surface area contributed by atoms with Crippen molar-refractivity contribution in [1.29, 1.82) is 0 Å². The summed E-state index contributed by atoms with van der Waals surface area (Å²) >= 11 is 0. The van der Waals surface area contributed by atoms with Gasteiger partial charge in [-0.1, -0.05) is 31.9 Å². The summed E-state index contributed by atoms with van der Waals surface area (Å²) in [5.74, 6) is 6.32. The first-order valence-corrected chi connectivity index (χ1v) is 6.21. The van der Waals surface area contributed by atoms with Crippen molar-refractivity contribution in [3.8, 4) is 5.88 Å². The van der Waals surface area contributed by atoms with Crippen LogP contribution in [0.4, 0.5) is 5.95 Å². The summed E-state index contributed by atoms with van der Waals surface area (Å²) < 4.78 is 5.72. The van der Waals surface area contributed by atoms with Crippen molar-refractivity contribution >= 4 is 16.9 Å². The van der Waals surface area contributed by atoms with E-state index in [1.807, 2.05) is 24.3 Å². The molecule has 0 fully saturated rings. The molecule has 2 aromatic rings. The molecule has 0 saturated carbocycles. The number of hydrogen-bond acceptors (Lipinski definition) is 5. The third kappa shape index (κ3) is 2.87. The molecule has 5 heteroatoms. The van der Waals surface area contributed by atoms with Gasteiger partial charge >= 0.3 is 0 Å². The highest BCUT2D eigenvalue weighted by Crippen LogP contribution is 2.23. The average molecular weight is 246 g/mol. The van der Waals surface area contributed by atoms with E-state index in [0.29, 0.717) is 18.4 Å². The number of hydrogen-bond donors (Lipinski definition) is 2. The van der Waals surface area contributed by atoms with Gasteiger partial charge in [-0.05, 0) is 18.6 Å². The number of nitrogens with two attached hydrogens (primary N) is 1. The van der Waals surface area contributed by atoms with Gasteiger partial charge in [-0.3, -0.25) is 5.43 Å². The minimum atomic E-state index is 0.374. The molecule has 0 aliphatic rings. The average Bonchev–Trinajstić information content (AvgIpc) is 2.43. The molecule has 0 saturated heterocycles. The van der Waals surface area contributed by atoms with Gasteiger partial charge in [0.05, 0.1) is 17.5 Å². The molecule has 0 radical (unpaired) electrons. The van der Waals surface area contributed by atoms with Gasteiger partial charge in [0.2, 0.25) is 11.8 Å². The van der Waals surface area contributed by atoms with Gasteiger partial charge in [-0.2, -0.15) is 4.98 Å². The van der Waals surface area contributed by atoms with Crippen molar-refractivity contribution in [2.45, 2.75) is 26.2 Å². The minimum Gasteiger partial charge on any atom is -0.477 e. The van der Waals surface area contributed by atoms with Crippen LogP contribution in [0.5, 0.6) is 5.88 Å². The molecule has 96 valence electrons. The van der Waals surface area contributed by atoms with Gasteiger partial charge in [0.25, 0.3) is 0 Å². The van der Waals surface area contributed by atoms with Crippen molar-refractivity contribution in [2.24, 2.45) is 5.84 Å². The third-order valence-corrected chi connectivity index (χ3v) is 2.68. The first kappa shape index (κ1) is 12.6. The van der Waals surface area contributed by atoms with Gasteiger partial charge in [-0.25, -0.2) is 10.8 Å². The lowest BCUT2D eigenvalue weighted by Gasteiger charge is -2.09. The van der Waals surface area contributed by atoms with Crippen LogP contribution >= 0.6 is 0 Å². The standard InChI is InChI=1S/C13H18N4O/c1-2-3-6-9-18-12-10-7-4-5-8-11(10)15-13(16-12)17-14/h4-5,7-8H,2-3,6,9,14H2,1H3,(H,15,16,17). The number of aromatic nitrogens is 2. The van der Waals surface area contributed by atoms with E-state index in [1.54, 1.807) is 0 Å². The minimum absolute atomic E-state index is 0.374. The maximum atomic E-state index is 5.72. The van der Waals surface area contributed by atoms with Crippen LogP contribution in [0, 0.1) is 0 Å². The second-order valence-corrected chi connectivity index (χ2v) is 4.07. The van der Waals surface area contributed by atoms with Crippen LogP contribution in [0.1, 0.15) is 26.2 Å². The van der Waals surface area contributed by atoms with Crippen molar-refractivity contribution < 1.29 is 4.74 Å². The Hall–Kier alpha value is -1.88. The van der Waals surface area contributed by atoms with E-state index in [2.05, 4.69) is 22.3 Å². The van der Waals surface area contributed by atoms with E-state index in [9.17, 15) is 0 Å². The maximum Gasteiger partial charge on any atom is 0.241 e. The molecule has 1 aromatic carbocycles. The summed E-state index contributed by atoms with van der Waals surface area (Å²) in [6, 6.07) is 7.73. The molecule has 0 spiro atoms. The number of anilines is 1. The highest BCUT2D eigenvalue weighted by Gasteiger charge is 2.07. The lowest BCUT2D eigenvalue weighted by molar-refractivity contribution is 0.299. The van der Waals surface area contributed by atoms with Gasteiger partial charge in [0, 0.05) is 0 Å². The summed E-state index contributed by atoms with van der Waals surface area (Å²) in [6.45, 7) is 2.83. The van der Waals surface area contributed by atoms with Crippen LogP contribution in [-0.4, -0.2) is 16.6 Å². The molecular formula is C13H18N4O. The second kappa shape index (κ2) is 6.16. The number of fused-ring (bicyclic) bond motifs is 1. The number of para-hydroxylation sites is 1. The monoisotopic (exact) mass is 246 g/mol. The molecule has 0 amide bonds. The normalized spacial score (nSPS) is 10.6. The highest BCUT2D eigenvalue weighted by atomic mass is 16.5. The number of benzene rings is 1. The number of rotatable bonds is 6. The number of nitrogens with one attached hydrogen (secondary N) is 1. The van der Waals surface area contributed by atoms with Crippen molar-refractivity contribution in [3.63, 3.8) is 0 Å². The topological polar surface area (TPSA) is 73.1 Å². The molecule has 0 atom stereocenters. The largest absolute Gasteiger partial charge is 0.477 e. The Morgan fingerprint density at radius 1 is 1.22 bits per heavy atom. The van der Waals surface area contributed by atoms with E-state index in [4.69, 9.17) is 10.6 Å². The maximum absolute atomic E-state index is 5.72. The zero-order chi connectivity index (χ0) is 12.8. The molecule has 0 unspecified atom stereocenters. The predicted octanol–water partition coefficient (Wildman–Crippen LogP) is 2.48. The Morgan fingerprint density at radius 3 is 2.83 bits per heavy atom. The van der Waals surface area contributed by atoms with E-state index in [0.717, 1.165) is 23.7 Å². The molecule has 2 rings (SSSR count). The Balaban J connectivity index is 2.23. The Labute approximate surface area is 106 Å². The first-order chi connectivity index (χ1) is 8.85. The Bertz CT molecular complexity index is 515. The predicted molar refractivity (Wildman–Crippen MR) is 72.4 cm³/mol. The molecule has 1 aromatic heterocycles. The summed E-state index contributed by atoms with van der Waals surface area (Å²) in [4.78, 5) is 8.52. The molecule has 0 aliphatic heterocycles. The lowest BCUT2D eigenvalue weighted by atomic mass is 10.2. The van der Waals surface area contributed by atoms with Crippen LogP contribution in [0.15, 0.2) is 24.3 Å².